The number of nitrogens with two attached hydrogens (primary N) is 3. The van der Waals surface area contributed by atoms with E-state index in [9.17, 15) is 33.6 Å². The van der Waals surface area contributed by atoms with Gasteiger partial charge < -0.3 is 50.2 Å². The number of primary amides is 2. The molecule has 0 saturated carbocycles. The number of aryl methyl sites for hydroxylation is 4. The van der Waals surface area contributed by atoms with E-state index in [2.05, 4.69) is 15.4 Å². The highest BCUT2D eigenvalue weighted by molar-refractivity contribution is 8.00. The van der Waals surface area contributed by atoms with Crippen molar-refractivity contribution in [3.63, 3.8) is 0 Å². The van der Waals surface area contributed by atoms with E-state index < -0.39 is 46.8 Å². The highest BCUT2D eigenvalue weighted by atomic mass is 32.2. The molecule has 5 aromatic heterocycles. The summed E-state index contributed by atoms with van der Waals surface area (Å²) in [6, 6.07) is 6.92. The summed E-state index contributed by atoms with van der Waals surface area (Å²) in [6.07, 6.45) is 5.93. The van der Waals surface area contributed by atoms with Crippen LogP contribution < -0.4 is 32.0 Å². The Hall–Kier alpha value is -8.65. The van der Waals surface area contributed by atoms with E-state index in [4.69, 9.17) is 51.2 Å². The van der Waals surface area contributed by atoms with Crippen molar-refractivity contribution in [1.29, 1.82) is 0 Å². The van der Waals surface area contributed by atoms with Gasteiger partial charge in [0.15, 0.2) is 11.7 Å². The van der Waals surface area contributed by atoms with Gasteiger partial charge in [0.2, 0.25) is 41.2 Å². The Morgan fingerprint density at radius 2 is 1.68 bits per heavy atom. The zero-order chi connectivity index (χ0) is 55.4. The number of imide groups is 1. The number of nitrogens with one attached hydrogen (secondary N) is 1. The predicted octanol–water partition coefficient (Wildman–Crippen LogP) is 3.59. The summed E-state index contributed by atoms with van der Waals surface area (Å²) in [5.74, 6) is -3.06. The number of hydrogen-bond donors (Lipinski definition) is 5. The van der Waals surface area contributed by atoms with Crippen LogP contribution in [0.1, 0.15) is 81.7 Å². The van der Waals surface area contributed by atoms with Crippen LogP contribution in [0.25, 0.3) is 44.5 Å². The van der Waals surface area contributed by atoms with Gasteiger partial charge in [-0.3, -0.25) is 48.5 Å². The van der Waals surface area contributed by atoms with Gasteiger partial charge in [0.05, 0.1) is 41.4 Å². The molecule has 1 saturated heterocycles. The Balaban J connectivity index is 1.08. The smallest absolute Gasteiger partial charge is 0.321 e. The van der Waals surface area contributed by atoms with Gasteiger partial charge in [0, 0.05) is 93.4 Å². The van der Waals surface area contributed by atoms with Crippen molar-refractivity contribution in [1.82, 2.24) is 48.7 Å². The van der Waals surface area contributed by atoms with Crippen LogP contribution in [0.3, 0.4) is 0 Å². The minimum atomic E-state index is -1.21. The van der Waals surface area contributed by atoms with Crippen molar-refractivity contribution in [2.45, 2.75) is 84.3 Å². The lowest BCUT2D eigenvalue weighted by Crippen LogP contribution is -2.37. The molecule has 1 aliphatic heterocycles. The average molecular weight is 1080 g/mol. The van der Waals surface area contributed by atoms with Crippen LogP contribution >= 0.6 is 11.8 Å². The molecule has 0 radical (unpaired) electrons. The fourth-order valence-corrected chi connectivity index (χ4v) is 10.1. The molecule has 8 rings (SSSR count). The van der Waals surface area contributed by atoms with Gasteiger partial charge in [-0.05, 0) is 57.0 Å². The maximum absolute atomic E-state index is 13.7. The lowest BCUT2D eigenvalue weighted by Gasteiger charge is -2.20. The minimum Gasteiger partial charge on any atom is -0.494 e. The van der Waals surface area contributed by atoms with Crippen LogP contribution in [0, 0.1) is 13.8 Å². The van der Waals surface area contributed by atoms with E-state index in [1.165, 1.54) is 24.1 Å². The molecule has 1 fully saturated rings. The van der Waals surface area contributed by atoms with Gasteiger partial charge in [-0.25, -0.2) is 19.9 Å². The van der Waals surface area contributed by atoms with Crippen molar-refractivity contribution in [2.75, 3.05) is 44.9 Å². The third kappa shape index (κ3) is 11.5. The molecule has 2 atom stereocenters. The highest BCUT2D eigenvalue weighted by Crippen LogP contribution is 2.37. The molecule has 0 spiro atoms. The number of rotatable bonds is 24. The number of benzene rings is 2. The molecule has 25 nitrogen and oxygen atoms in total. The largest absolute Gasteiger partial charge is 0.494 e. The fraction of sp³-hybridized carbons (Fsp3) is 0.373. The molecule has 1 aliphatic rings. The van der Waals surface area contributed by atoms with Gasteiger partial charge in [-0.1, -0.05) is 19.1 Å². The van der Waals surface area contributed by atoms with Crippen LogP contribution in [0.4, 0.5) is 5.95 Å². The normalized spacial score (nSPS) is 14.1. The second-order valence-corrected chi connectivity index (χ2v) is 19.4. The highest BCUT2D eigenvalue weighted by Gasteiger charge is 2.39. The van der Waals surface area contributed by atoms with E-state index in [-0.39, 0.29) is 85.9 Å². The molecular weight excluding hydrogens is 1020 g/mol. The number of carboxylic acid groups (broad SMARTS) is 1. The molecule has 77 heavy (non-hydrogen) atoms. The number of carbonyl (C=O) groups is 7. The molecule has 26 heteroatoms. The predicted molar refractivity (Wildman–Crippen MR) is 283 cm³/mol. The molecule has 1 unspecified atom stereocenters. The number of methoxy groups -OCH3 is 1. The van der Waals surface area contributed by atoms with Crippen molar-refractivity contribution < 1.29 is 52.6 Å². The number of thioether (sulfide) groups is 1. The van der Waals surface area contributed by atoms with E-state index in [1.54, 1.807) is 41.5 Å². The first-order chi connectivity index (χ1) is 36.8. The van der Waals surface area contributed by atoms with Gasteiger partial charge in [-0.2, -0.15) is 5.10 Å². The number of aliphatic carboxylic acids is 1. The van der Waals surface area contributed by atoms with E-state index in [0.717, 1.165) is 22.4 Å². The van der Waals surface area contributed by atoms with Crippen LogP contribution in [0.5, 0.6) is 11.5 Å². The fourth-order valence-electron chi connectivity index (χ4n) is 9.01. The summed E-state index contributed by atoms with van der Waals surface area (Å²) in [6.45, 7) is 8.37. The lowest BCUT2D eigenvalue weighted by molar-refractivity contribution is -0.140. The zero-order valence-corrected chi connectivity index (χ0v) is 44.0. The second-order valence-electron chi connectivity index (χ2n) is 18.1. The Labute approximate surface area is 444 Å². The van der Waals surface area contributed by atoms with Gasteiger partial charge in [-0.15, -0.1) is 11.8 Å². The zero-order valence-electron chi connectivity index (χ0n) is 43.2. The topological polar surface area (TPSA) is 347 Å². The Kier molecular flexibility index (Phi) is 16.4. The number of nitrogens with zero attached hydrogens (tertiary/aromatic N) is 10. The second kappa shape index (κ2) is 23.1. The molecule has 6 heterocycles. The molecule has 404 valence electrons. The number of anilines is 1. The number of amides is 6. The number of fused-ring (bicyclic) bond motifs is 4. The number of likely N-dealkylation sites (tertiary alicyclic amines) is 1. The SMILES string of the molecule is CCc1nc(C)oc1C(=O)Nc1nc2cc(C(N)=O)cc(OC)c2n1C/C=C/Cn1c2nc(-c3cc(C)nn3CC)ncc2c2cc(C(N)=O)cc(OCCCN(C)C(=O)CCN3C(=O)CC(SC[C@H](N)C(=O)O)C3=O)c21. The third-order valence-electron chi connectivity index (χ3n) is 12.9. The number of hydrogen-bond acceptors (Lipinski definition) is 17. The monoisotopic (exact) mass is 1070 g/mol. The maximum atomic E-state index is 13.7. The van der Waals surface area contributed by atoms with Crippen LogP contribution in [-0.4, -0.2) is 146 Å². The van der Waals surface area contributed by atoms with E-state index in [1.807, 2.05) is 43.6 Å². The number of allylic oxidation sites excluding steroid dienone is 2. The van der Waals surface area contributed by atoms with Gasteiger partial charge in [0.1, 0.15) is 34.4 Å². The first-order valence-electron chi connectivity index (χ1n) is 24.6. The van der Waals surface area contributed by atoms with Crippen LogP contribution in [0.15, 0.2) is 53.1 Å². The Morgan fingerprint density at radius 3 is 2.36 bits per heavy atom. The molecule has 0 bridgehead atoms. The maximum Gasteiger partial charge on any atom is 0.321 e. The summed E-state index contributed by atoms with van der Waals surface area (Å²) in [4.78, 5) is 110. The summed E-state index contributed by atoms with van der Waals surface area (Å²) in [7, 11) is 3.04. The summed E-state index contributed by atoms with van der Waals surface area (Å²) < 4.78 is 23.3. The number of aromatic nitrogens is 8. The number of carbonyl (C=O) groups excluding carboxylic acids is 6. The molecule has 8 N–H and O–H groups in total. The van der Waals surface area contributed by atoms with E-state index >= 15 is 0 Å². The number of imidazole rings is 1. The molecule has 6 amide bonds. The summed E-state index contributed by atoms with van der Waals surface area (Å²) in [5.41, 5.74) is 21.2. The Morgan fingerprint density at radius 1 is 0.961 bits per heavy atom. The standard InChI is InChI=1S/C51H58N14O11S/c1-7-33-43(76-27(4)56-33)48(70)59-51-57-34-20-29(45(54)69)21-36(74-6)42(34)64(51)15-10-9-14-63-41-30(31-24-55-46(58-47(31)63)35-18-26(3)60-65(35)8-2)19-28(44(53)68)22-37(41)75-17-11-13-61(5)39(66)12-16-62-40(67)23-38(49(62)71)77-25-32(52)50(72)73/h9-10,18-22,24,32,38H,7-8,11-17,23,25,52H2,1-6H3,(H2,53,68)(H2,54,69)(H,72,73)(H,57,59,70)/b10-9+/t32-,38?/m0/s1. The van der Waals surface area contributed by atoms with Crippen molar-refractivity contribution in [3.8, 4) is 23.0 Å². The lowest BCUT2D eigenvalue weighted by atomic mass is 10.1. The average Bonchev–Trinajstić information content (AvgIpc) is 4.27. The first kappa shape index (κ1) is 54.6. The van der Waals surface area contributed by atoms with Gasteiger partial charge in [0.25, 0.3) is 5.91 Å². The van der Waals surface area contributed by atoms with Crippen LogP contribution in [0.2, 0.25) is 0 Å². The molecular formula is C51H58N14O11S. The number of ether oxygens (including phenoxy) is 2. The quantitative estimate of drug-likeness (QED) is 0.0328. The van der Waals surface area contributed by atoms with Crippen LogP contribution in [-0.2, 0) is 45.2 Å². The number of carboxylic acids is 1. The third-order valence-corrected chi connectivity index (χ3v) is 14.2. The first-order valence-corrected chi connectivity index (χ1v) is 25.7. The Bertz CT molecular complexity index is 3520. The van der Waals surface area contributed by atoms with E-state index in [0.29, 0.717) is 81.2 Å². The van der Waals surface area contributed by atoms with Crippen molar-refractivity contribution in [3.05, 3.63) is 82.8 Å². The van der Waals surface area contributed by atoms with Crippen molar-refractivity contribution >= 4 is 92.1 Å². The summed E-state index contributed by atoms with van der Waals surface area (Å²) in [5, 5.41) is 16.9. The minimum absolute atomic E-state index is 0.0336. The molecule has 2 aromatic carbocycles. The number of oxazole rings is 1. The van der Waals surface area contributed by atoms with Gasteiger partial charge >= 0.3 is 5.97 Å². The molecule has 7 aromatic rings. The molecule has 0 aliphatic carbocycles. The van der Waals surface area contributed by atoms with Crippen molar-refractivity contribution in [2.24, 2.45) is 17.2 Å². The summed E-state index contributed by atoms with van der Waals surface area (Å²) >= 11 is 1.00.